The van der Waals surface area contributed by atoms with Crippen molar-refractivity contribution in [1.82, 2.24) is 9.78 Å². The van der Waals surface area contributed by atoms with Crippen molar-refractivity contribution in [3.63, 3.8) is 0 Å². The van der Waals surface area contributed by atoms with Crippen molar-refractivity contribution in [2.24, 2.45) is 5.73 Å². The number of nitrogens with zero attached hydrogens (tertiary/aromatic N) is 2. The molecule has 0 atom stereocenters. The fourth-order valence-electron chi connectivity index (χ4n) is 1.29. The van der Waals surface area contributed by atoms with Crippen LogP contribution in [0.2, 0.25) is 0 Å². The average Bonchev–Trinajstić information content (AvgIpc) is 2.62. The molecule has 0 spiro atoms. The number of nitrogens with two attached hydrogens (primary N) is 1. The minimum absolute atomic E-state index is 0. The molecule has 0 aliphatic heterocycles. The average molecular weight is 283 g/mol. The summed E-state index contributed by atoms with van der Waals surface area (Å²) in [4.78, 5) is 11.4. The molecule has 100 valence electrons. The Morgan fingerprint density at radius 2 is 2.18 bits per heavy atom. The minimum atomic E-state index is -0.0112. The molecular formula is C10H20Cl2N4O. The van der Waals surface area contributed by atoms with Gasteiger partial charge in [0.15, 0.2) is 0 Å². The van der Waals surface area contributed by atoms with E-state index in [4.69, 9.17) is 5.73 Å². The largest absolute Gasteiger partial charge is 0.330 e. The van der Waals surface area contributed by atoms with E-state index in [2.05, 4.69) is 10.4 Å². The number of hydrogen-bond acceptors (Lipinski definition) is 3. The van der Waals surface area contributed by atoms with E-state index < -0.39 is 0 Å². The Morgan fingerprint density at radius 1 is 1.53 bits per heavy atom. The van der Waals surface area contributed by atoms with Gasteiger partial charge in [-0.15, -0.1) is 24.8 Å². The Hall–Kier alpha value is -0.780. The standard InChI is InChI=1S/C10H18N4O.2ClH/c1-8(2)14-9(5-7-12-14)13-10(15)4-3-6-11;;/h5,7-8H,3-4,6,11H2,1-2H3,(H,13,15);2*1H. The molecule has 1 amide bonds. The molecule has 0 aliphatic carbocycles. The highest BCUT2D eigenvalue weighted by molar-refractivity contribution is 5.89. The maximum atomic E-state index is 11.4. The Bertz CT molecular complexity index is 328. The predicted molar refractivity (Wildman–Crippen MR) is 74.0 cm³/mol. The number of rotatable bonds is 5. The molecule has 7 heteroatoms. The van der Waals surface area contributed by atoms with Crippen molar-refractivity contribution in [1.29, 1.82) is 0 Å². The summed E-state index contributed by atoms with van der Waals surface area (Å²) in [7, 11) is 0. The van der Waals surface area contributed by atoms with E-state index in [1.165, 1.54) is 0 Å². The first kappa shape index (κ1) is 18.6. The van der Waals surface area contributed by atoms with Crippen molar-refractivity contribution in [2.75, 3.05) is 11.9 Å². The van der Waals surface area contributed by atoms with Crippen LogP contribution in [-0.4, -0.2) is 22.2 Å². The summed E-state index contributed by atoms with van der Waals surface area (Å²) in [5.74, 6) is 0.731. The molecule has 0 aromatic carbocycles. The van der Waals surface area contributed by atoms with Gasteiger partial charge in [-0.05, 0) is 26.8 Å². The van der Waals surface area contributed by atoms with Gasteiger partial charge < -0.3 is 11.1 Å². The van der Waals surface area contributed by atoms with Gasteiger partial charge in [-0.25, -0.2) is 4.68 Å². The van der Waals surface area contributed by atoms with Gasteiger partial charge in [0.05, 0.1) is 6.20 Å². The Kier molecular flexibility index (Phi) is 10.1. The van der Waals surface area contributed by atoms with Crippen molar-refractivity contribution in [2.45, 2.75) is 32.7 Å². The van der Waals surface area contributed by atoms with Gasteiger partial charge in [0.1, 0.15) is 5.82 Å². The van der Waals surface area contributed by atoms with Crippen LogP contribution in [-0.2, 0) is 4.79 Å². The summed E-state index contributed by atoms with van der Waals surface area (Å²) in [6, 6.07) is 2.03. The van der Waals surface area contributed by atoms with Crippen LogP contribution >= 0.6 is 24.8 Å². The normalized spacial score (nSPS) is 9.41. The first-order valence-electron chi connectivity index (χ1n) is 5.18. The zero-order chi connectivity index (χ0) is 11.3. The van der Waals surface area contributed by atoms with Crippen molar-refractivity contribution in [3.8, 4) is 0 Å². The topological polar surface area (TPSA) is 72.9 Å². The Labute approximate surface area is 114 Å². The van der Waals surface area contributed by atoms with E-state index >= 15 is 0 Å². The Morgan fingerprint density at radius 3 is 2.71 bits per heavy atom. The van der Waals surface area contributed by atoms with E-state index in [9.17, 15) is 4.79 Å². The third kappa shape index (κ3) is 5.91. The van der Waals surface area contributed by atoms with Gasteiger partial charge in [-0.3, -0.25) is 4.79 Å². The number of hydrogen-bond donors (Lipinski definition) is 2. The number of halogens is 2. The number of nitrogens with one attached hydrogen (secondary N) is 1. The molecule has 0 saturated heterocycles. The number of carbonyl (C=O) groups excluding carboxylic acids is 1. The number of anilines is 1. The van der Waals surface area contributed by atoms with Crippen LogP contribution < -0.4 is 11.1 Å². The van der Waals surface area contributed by atoms with Crippen LogP contribution in [0.1, 0.15) is 32.7 Å². The van der Waals surface area contributed by atoms with E-state index in [-0.39, 0.29) is 36.8 Å². The lowest BCUT2D eigenvalue weighted by atomic mass is 10.3. The van der Waals surface area contributed by atoms with E-state index in [0.717, 1.165) is 5.82 Å². The second kappa shape index (κ2) is 9.27. The second-order valence-electron chi connectivity index (χ2n) is 3.70. The van der Waals surface area contributed by atoms with Crippen LogP contribution in [0, 0.1) is 0 Å². The maximum Gasteiger partial charge on any atom is 0.225 e. The second-order valence-corrected chi connectivity index (χ2v) is 3.70. The fraction of sp³-hybridized carbons (Fsp3) is 0.600. The third-order valence-electron chi connectivity index (χ3n) is 2.03. The fourth-order valence-corrected chi connectivity index (χ4v) is 1.29. The van der Waals surface area contributed by atoms with Crippen molar-refractivity contribution < 1.29 is 4.79 Å². The number of amides is 1. The van der Waals surface area contributed by atoms with E-state index in [1.54, 1.807) is 16.9 Å². The van der Waals surface area contributed by atoms with Crippen LogP contribution in [0.25, 0.3) is 0 Å². The quantitative estimate of drug-likeness (QED) is 0.868. The van der Waals surface area contributed by atoms with Gasteiger partial charge >= 0.3 is 0 Å². The van der Waals surface area contributed by atoms with Gasteiger partial charge in [0.2, 0.25) is 5.91 Å². The van der Waals surface area contributed by atoms with Crippen molar-refractivity contribution in [3.05, 3.63) is 12.3 Å². The lowest BCUT2D eigenvalue weighted by Crippen LogP contribution is -2.17. The van der Waals surface area contributed by atoms with E-state index in [0.29, 0.717) is 19.4 Å². The number of carbonyl (C=O) groups is 1. The molecule has 1 rings (SSSR count). The summed E-state index contributed by atoms with van der Waals surface area (Å²) in [6.07, 6.45) is 2.85. The highest BCUT2D eigenvalue weighted by Gasteiger charge is 2.08. The molecule has 0 aliphatic rings. The van der Waals surface area contributed by atoms with Gasteiger partial charge in [-0.1, -0.05) is 0 Å². The summed E-state index contributed by atoms with van der Waals surface area (Å²) >= 11 is 0. The summed E-state index contributed by atoms with van der Waals surface area (Å²) in [5.41, 5.74) is 5.33. The van der Waals surface area contributed by atoms with Crippen molar-refractivity contribution >= 4 is 36.5 Å². The van der Waals surface area contributed by atoms with Gasteiger partial charge in [0.25, 0.3) is 0 Å². The SMILES string of the molecule is CC(C)n1nccc1NC(=O)CCCN.Cl.Cl. The number of aromatic nitrogens is 2. The Balaban J connectivity index is 0. The van der Waals surface area contributed by atoms with Crippen LogP contribution in [0.4, 0.5) is 5.82 Å². The highest BCUT2D eigenvalue weighted by Crippen LogP contribution is 2.13. The molecule has 17 heavy (non-hydrogen) atoms. The molecule has 0 bridgehead atoms. The molecule has 0 radical (unpaired) electrons. The molecule has 0 saturated carbocycles. The summed E-state index contributed by atoms with van der Waals surface area (Å²) < 4.78 is 1.78. The molecule has 5 nitrogen and oxygen atoms in total. The van der Waals surface area contributed by atoms with Crippen LogP contribution in [0.15, 0.2) is 12.3 Å². The first-order chi connectivity index (χ1) is 7.15. The molecule has 0 unspecified atom stereocenters. The van der Waals surface area contributed by atoms with Crippen LogP contribution in [0.3, 0.4) is 0 Å². The molecule has 1 aromatic rings. The zero-order valence-electron chi connectivity index (χ0n) is 10.0. The van der Waals surface area contributed by atoms with Crippen LogP contribution in [0.5, 0.6) is 0 Å². The van der Waals surface area contributed by atoms with Gasteiger partial charge in [0, 0.05) is 18.5 Å². The monoisotopic (exact) mass is 282 g/mol. The lowest BCUT2D eigenvalue weighted by molar-refractivity contribution is -0.116. The summed E-state index contributed by atoms with van der Waals surface area (Å²) in [5, 5.41) is 6.94. The summed E-state index contributed by atoms with van der Waals surface area (Å²) in [6.45, 7) is 4.57. The molecule has 1 aromatic heterocycles. The minimum Gasteiger partial charge on any atom is -0.330 e. The third-order valence-corrected chi connectivity index (χ3v) is 2.03. The zero-order valence-corrected chi connectivity index (χ0v) is 11.7. The first-order valence-corrected chi connectivity index (χ1v) is 5.18. The highest BCUT2D eigenvalue weighted by atomic mass is 35.5. The lowest BCUT2D eigenvalue weighted by Gasteiger charge is -2.11. The smallest absolute Gasteiger partial charge is 0.225 e. The van der Waals surface area contributed by atoms with E-state index in [1.807, 2.05) is 13.8 Å². The van der Waals surface area contributed by atoms with Gasteiger partial charge in [-0.2, -0.15) is 5.10 Å². The predicted octanol–water partition coefficient (Wildman–Crippen LogP) is 1.98. The molecule has 3 N–H and O–H groups in total. The maximum absolute atomic E-state index is 11.4. The molecular weight excluding hydrogens is 263 g/mol. The molecule has 0 fully saturated rings. The molecule has 1 heterocycles.